The summed E-state index contributed by atoms with van der Waals surface area (Å²) in [7, 11) is 0. The SMILES string of the molecule is N#Cc1ccc2c(c1)[nH]c(=O)c1sccc12. The quantitative estimate of drug-likeness (QED) is 0.640. The molecule has 0 unspecified atom stereocenters. The first kappa shape index (κ1) is 9.13. The Kier molecular flexibility index (Phi) is 1.82. The average Bonchev–Trinajstić information content (AvgIpc) is 2.78. The van der Waals surface area contributed by atoms with Crippen molar-refractivity contribution in [2.75, 3.05) is 0 Å². The predicted molar refractivity (Wildman–Crippen MR) is 64.7 cm³/mol. The van der Waals surface area contributed by atoms with Crippen LogP contribution in [0.4, 0.5) is 0 Å². The zero-order chi connectivity index (χ0) is 11.1. The summed E-state index contributed by atoms with van der Waals surface area (Å²) in [5.74, 6) is 0. The van der Waals surface area contributed by atoms with Gasteiger partial charge in [0, 0.05) is 10.8 Å². The van der Waals surface area contributed by atoms with Crippen LogP contribution in [0.2, 0.25) is 0 Å². The number of aromatic nitrogens is 1. The van der Waals surface area contributed by atoms with E-state index >= 15 is 0 Å². The molecule has 3 rings (SSSR count). The predicted octanol–water partition coefficient (Wildman–Crippen LogP) is 2.61. The highest BCUT2D eigenvalue weighted by atomic mass is 32.1. The molecule has 0 saturated carbocycles. The minimum absolute atomic E-state index is 0.0902. The van der Waals surface area contributed by atoms with Crippen molar-refractivity contribution in [3.63, 3.8) is 0 Å². The summed E-state index contributed by atoms with van der Waals surface area (Å²) in [5, 5.41) is 12.6. The first-order valence-electron chi connectivity index (χ1n) is 4.73. The molecule has 3 nitrogen and oxygen atoms in total. The number of nitriles is 1. The molecule has 1 aromatic carbocycles. The lowest BCUT2D eigenvalue weighted by molar-refractivity contribution is 1.35. The molecule has 0 amide bonds. The van der Waals surface area contributed by atoms with Crippen LogP contribution in [0.3, 0.4) is 0 Å². The minimum atomic E-state index is -0.0902. The smallest absolute Gasteiger partial charge is 0.266 e. The van der Waals surface area contributed by atoms with Crippen LogP contribution < -0.4 is 5.56 Å². The van der Waals surface area contributed by atoms with E-state index in [9.17, 15) is 4.79 Å². The van der Waals surface area contributed by atoms with Crippen molar-refractivity contribution in [2.45, 2.75) is 0 Å². The van der Waals surface area contributed by atoms with Gasteiger partial charge in [0.05, 0.1) is 17.1 Å². The summed E-state index contributed by atoms with van der Waals surface area (Å²) in [4.78, 5) is 14.5. The summed E-state index contributed by atoms with van der Waals surface area (Å²) >= 11 is 1.43. The maximum absolute atomic E-state index is 11.7. The number of pyridine rings is 1. The summed E-state index contributed by atoms with van der Waals surface area (Å²) in [6, 6.07) is 9.33. The van der Waals surface area contributed by atoms with Gasteiger partial charge in [-0.3, -0.25) is 4.79 Å². The Balaban J connectivity index is 2.59. The Morgan fingerprint density at radius 1 is 1.25 bits per heavy atom. The molecule has 0 saturated heterocycles. The maximum Gasteiger partial charge on any atom is 0.266 e. The van der Waals surface area contributed by atoms with Crippen LogP contribution in [0.5, 0.6) is 0 Å². The van der Waals surface area contributed by atoms with Crippen molar-refractivity contribution in [1.29, 1.82) is 5.26 Å². The van der Waals surface area contributed by atoms with Gasteiger partial charge in [0.15, 0.2) is 0 Å². The highest BCUT2D eigenvalue weighted by Crippen LogP contribution is 2.25. The molecule has 2 aromatic heterocycles. The molecular formula is C12H6N2OS. The van der Waals surface area contributed by atoms with Gasteiger partial charge >= 0.3 is 0 Å². The summed E-state index contributed by atoms with van der Waals surface area (Å²) in [6.07, 6.45) is 0. The van der Waals surface area contributed by atoms with Crippen LogP contribution in [-0.4, -0.2) is 4.98 Å². The summed E-state index contributed by atoms with van der Waals surface area (Å²) in [6.45, 7) is 0. The van der Waals surface area contributed by atoms with Gasteiger partial charge in [0.2, 0.25) is 0 Å². The molecule has 1 N–H and O–H groups in total. The number of nitrogens with zero attached hydrogens (tertiary/aromatic N) is 1. The fourth-order valence-corrected chi connectivity index (χ4v) is 2.63. The van der Waals surface area contributed by atoms with Gasteiger partial charge in [-0.2, -0.15) is 5.26 Å². The average molecular weight is 226 g/mol. The van der Waals surface area contributed by atoms with Crippen molar-refractivity contribution in [1.82, 2.24) is 4.98 Å². The van der Waals surface area contributed by atoms with Crippen LogP contribution in [0.15, 0.2) is 34.4 Å². The largest absolute Gasteiger partial charge is 0.321 e. The molecule has 0 radical (unpaired) electrons. The molecular weight excluding hydrogens is 220 g/mol. The second-order valence-electron chi connectivity index (χ2n) is 3.49. The molecule has 3 aromatic rings. The molecule has 0 spiro atoms. The number of rotatable bonds is 0. The number of fused-ring (bicyclic) bond motifs is 3. The maximum atomic E-state index is 11.7. The lowest BCUT2D eigenvalue weighted by Gasteiger charge is -1.99. The number of hydrogen-bond donors (Lipinski definition) is 1. The lowest BCUT2D eigenvalue weighted by Crippen LogP contribution is -2.04. The van der Waals surface area contributed by atoms with Gasteiger partial charge in [0.25, 0.3) is 5.56 Å². The summed E-state index contributed by atoms with van der Waals surface area (Å²) in [5.41, 5.74) is 1.18. The number of aromatic amines is 1. The van der Waals surface area contributed by atoms with Gasteiger partial charge < -0.3 is 4.98 Å². The van der Waals surface area contributed by atoms with Gasteiger partial charge in [0.1, 0.15) is 4.70 Å². The molecule has 2 heterocycles. The molecule has 0 aliphatic rings. The fourth-order valence-electron chi connectivity index (χ4n) is 1.83. The zero-order valence-electron chi connectivity index (χ0n) is 8.15. The molecule has 4 heteroatoms. The highest BCUT2D eigenvalue weighted by molar-refractivity contribution is 7.17. The van der Waals surface area contributed by atoms with Gasteiger partial charge in [-0.05, 0) is 23.6 Å². The Morgan fingerprint density at radius 3 is 2.94 bits per heavy atom. The van der Waals surface area contributed by atoms with Crippen LogP contribution in [-0.2, 0) is 0 Å². The van der Waals surface area contributed by atoms with E-state index in [0.717, 1.165) is 21.0 Å². The van der Waals surface area contributed by atoms with Gasteiger partial charge in [-0.15, -0.1) is 11.3 Å². The van der Waals surface area contributed by atoms with E-state index in [-0.39, 0.29) is 5.56 Å². The first-order chi connectivity index (χ1) is 7.79. The highest BCUT2D eigenvalue weighted by Gasteiger charge is 2.06. The van der Waals surface area contributed by atoms with Crippen molar-refractivity contribution in [3.8, 4) is 6.07 Å². The van der Waals surface area contributed by atoms with Crippen LogP contribution in [0.25, 0.3) is 21.0 Å². The van der Waals surface area contributed by atoms with E-state index in [1.54, 1.807) is 12.1 Å². The van der Waals surface area contributed by atoms with E-state index in [1.165, 1.54) is 11.3 Å². The number of benzene rings is 1. The second-order valence-corrected chi connectivity index (χ2v) is 4.41. The van der Waals surface area contributed by atoms with Crippen molar-refractivity contribution >= 4 is 32.3 Å². The fraction of sp³-hybridized carbons (Fsp3) is 0. The molecule has 0 bridgehead atoms. The second kappa shape index (κ2) is 3.19. The van der Waals surface area contributed by atoms with Crippen molar-refractivity contribution in [3.05, 3.63) is 45.6 Å². The van der Waals surface area contributed by atoms with E-state index < -0.39 is 0 Å². The standard InChI is InChI=1S/C12H6N2OS/c13-6-7-1-2-8-9-3-4-16-11(9)12(15)14-10(8)5-7/h1-5H,(H,14,15). The Morgan fingerprint density at radius 2 is 2.12 bits per heavy atom. The van der Waals surface area contributed by atoms with Crippen LogP contribution in [0.1, 0.15) is 5.56 Å². The zero-order valence-corrected chi connectivity index (χ0v) is 8.97. The normalized spacial score (nSPS) is 10.7. The molecule has 16 heavy (non-hydrogen) atoms. The third-order valence-corrected chi connectivity index (χ3v) is 3.47. The third-order valence-electron chi connectivity index (χ3n) is 2.56. The van der Waals surface area contributed by atoms with Crippen molar-refractivity contribution in [2.24, 2.45) is 0 Å². The number of hydrogen-bond acceptors (Lipinski definition) is 3. The Labute approximate surface area is 94.6 Å². The molecule has 0 atom stereocenters. The van der Waals surface area contributed by atoms with E-state index in [4.69, 9.17) is 5.26 Å². The van der Waals surface area contributed by atoms with Crippen molar-refractivity contribution < 1.29 is 0 Å². The molecule has 0 fully saturated rings. The van der Waals surface area contributed by atoms with Crippen LogP contribution in [0, 0.1) is 11.3 Å². The van der Waals surface area contributed by atoms with E-state index in [2.05, 4.69) is 11.1 Å². The first-order valence-corrected chi connectivity index (χ1v) is 5.61. The molecule has 76 valence electrons. The van der Waals surface area contributed by atoms with E-state index in [0.29, 0.717) is 5.56 Å². The monoisotopic (exact) mass is 226 g/mol. The van der Waals surface area contributed by atoms with Gasteiger partial charge in [-0.1, -0.05) is 6.07 Å². The Hall–Kier alpha value is -2.12. The minimum Gasteiger partial charge on any atom is -0.321 e. The molecule has 0 aliphatic carbocycles. The molecule has 0 aliphatic heterocycles. The number of H-pyrrole nitrogens is 1. The van der Waals surface area contributed by atoms with Gasteiger partial charge in [-0.25, -0.2) is 0 Å². The topological polar surface area (TPSA) is 56.6 Å². The number of thiophene rings is 1. The third kappa shape index (κ3) is 1.16. The van der Waals surface area contributed by atoms with Crippen LogP contribution >= 0.6 is 11.3 Å². The summed E-state index contributed by atoms with van der Waals surface area (Å²) < 4.78 is 0.734. The lowest BCUT2D eigenvalue weighted by atomic mass is 10.1. The number of nitrogens with one attached hydrogen (secondary N) is 1. The van der Waals surface area contributed by atoms with E-state index in [1.807, 2.05) is 17.5 Å². The Bertz CT molecular complexity index is 792.